The zero-order chi connectivity index (χ0) is 15.4. The van der Waals surface area contributed by atoms with Crippen molar-refractivity contribution in [3.05, 3.63) is 15.8 Å². The Labute approximate surface area is 123 Å². The Balaban J connectivity index is 2.43. The van der Waals surface area contributed by atoms with Crippen LogP contribution >= 0.6 is 0 Å². The van der Waals surface area contributed by atoms with Gasteiger partial charge < -0.3 is 15.0 Å². The van der Waals surface area contributed by atoms with Gasteiger partial charge in [-0.15, -0.1) is 0 Å². The van der Waals surface area contributed by atoms with Gasteiger partial charge in [0.2, 0.25) is 11.8 Å². The van der Waals surface area contributed by atoms with Crippen LogP contribution in [0.4, 0.5) is 17.5 Å². The van der Waals surface area contributed by atoms with Crippen molar-refractivity contribution in [2.45, 2.75) is 33.2 Å². The van der Waals surface area contributed by atoms with E-state index < -0.39 is 4.92 Å². The molecule has 2 heterocycles. The van der Waals surface area contributed by atoms with Crippen LogP contribution in [0.2, 0.25) is 0 Å². The number of hydrogen-bond acceptors (Lipinski definition) is 7. The summed E-state index contributed by atoms with van der Waals surface area (Å²) in [6.45, 7) is 8.06. The number of nitrogens with zero attached hydrogens (tertiary/aromatic N) is 4. The molecule has 1 fully saturated rings. The Morgan fingerprint density at radius 1 is 1.52 bits per heavy atom. The summed E-state index contributed by atoms with van der Waals surface area (Å²) in [5, 5.41) is 14.5. The molecule has 8 heteroatoms. The number of nitrogens with one attached hydrogen (secondary N) is 1. The summed E-state index contributed by atoms with van der Waals surface area (Å²) in [6, 6.07) is 0.0470. The largest absolute Gasteiger partial charge is 0.377 e. The Bertz CT molecular complexity index is 523. The van der Waals surface area contributed by atoms with Crippen LogP contribution in [0.3, 0.4) is 0 Å². The predicted octanol–water partition coefficient (Wildman–Crippen LogP) is 1.74. The maximum Gasteiger partial charge on any atom is 0.332 e. The molecule has 0 amide bonds. The second-order valence-electron chi connectivity index (χ2n) is 5.11. The van der Waals surface area contributed by atoms with Gasteiger partial charge in [0.25, 0.3) is 0 Å². The van der Waals surface area contributed by atoms with E-state index in [-0.39, 0.29) is 11.7 Å². The van der Waals surface area contributed by atoms with Crippen LogP contribution in [0, 0.1) is 17.0 Å². The minimum atomic E-state index is -0.406. The fourth-order valence-corrected chi connectivity index (χ4v) is 2.32. The Morgan fingerprint density at radius 3 is 2.90 bits per heavy atom. The van der Waals surface area contributed by atoms with Crippen molar-refractivity contribution in [3.8, 4) is 0 Å². The van der Waals surface area contributed by atoms with Crippen LogP contribution < -0.4 is 10.2 Å². The molecule has 1 unspecified atom stereocenters. The van der Waals surface area contributed by atoms with Gasteiger partial charge in [-0.2, -0.15) is 4.98 Å². The Kier molecular flexibility index (Phi) is 4.89. The molecule has 2 rings (SSSR count). The molecule has 8 nitrogen and oxygen atoms in total. The summed E-state index contributed by atoms with van der Waals surface area (Å²) in [4.78, 5) is 21.4. The standard InChI is InChI=1S/C13H21N5O3/c1-4-5-14-13-15-10(3)11(18(19)20)12(16-13)17-6-7-21-8-9(17)2/h9H,4-8H2,1-3H3,(H,14,15,16). The first-order chi connectivity index (χ1) is 10.0. The molecule has 0 saturated carbocycles. The van der Waals surface area contributed by atoms with Crippen LogP contribution in [0.15, 0.2) is 0 Å². The van der Waals surface area contributed by atoms with Gasteiger partial charge in [0.05, 0.1) is 24.2 Å². The van der Waals surface area contributed by atoms with Crippen molar-refractivity contribution in [3.63, 3.8) is 0 Å². The SMILES string of the molecule is CCCNc1nc(C)c([N+](=O)[O-])c(N2CCOCC2C)n1. The molecule has 0 aromatic carbocycles. The molecule has 0 aliphatic carbocycles. The van der Waals surface area contributed by atoms with Crippen LogP contribution in [0.1, 0.15) is 26.0 Å². The molecule has 1 saturated heterocycles. The van der Waals surface area contributed by atoms with Gasteiger partial charge in [0.15, 0.2) is 0 Å². The third-order valence-corrected chi connectivity index (χ3v) is 3.40. The molecule has 21 heavy (non-hydrogen) atoms. The van der Waals surface area contributed by atoms with Crippen molar-refractivity contribution >= 4 is 17.5 Å². The van der Waals surface area contributed by atoms with E-state index in [4.69, 9.17) is 4.74 Å². The lowest BCUT2D eigenvalue weighted by atomic mass is 10.2. The van der Waals surface area contributed by atoms with E-state index in [9.17, 15) is 10.1 Å². The van der Waals surface area contributed by atoms with Gasteiger partial charge in [0.1, 0.15) is 5.69 Å². The topological polar surface area (TPSA) is 93.4 Å². The molecule has 1 atom stereocenters. The highest BCUT2D eigenvalue weighted by Gasteiger charge is 2.30. The number of aromatic nitrogens is 2. The molecule has 1 aliphatic rings. The maximum atomic E-state index is 11.4. The third-order valence-electron chi connectivity index (χ3n) is 3.40. The van der Waals surface area contributed by atoms with Crippen LogP contribution in [0.5, 0.6) is 0 Å². The second-order valence-corrected chi connectivity index (χ2v) is 5.11. The number of rotatable bonds is 5. The van der Waals surface area contributed by atoms with Gasteiger partial charge in [0, 0.05) is 13.1 Å². The van der Waals surface area contributed by atoms with Gasteiger partial charge in [-0.3, -0.25) is 10.1 Å². The lowest BCUT2D eigenvalue weighted by Crippen LogP contribution is -2.44. The fourth-order valence-electron chi connectivity index (χ4n) is 2.32. The van der Waals surface area contributed by atoms with Gasteiger partial charge >= 0.3 is 5.69 Å². The molecule has 1 N–H and O–H groups in total. The Hall–Kier alpha value is -1.96. The second kappa shape index (κ2) is 6.66. The van der Waals surface area contributed by atoms with Crippen molar-refractivity contribution < 1.29 is 9.66 Å². The zero-order valence-corrected chi connectivity index (χ0v) is 12.6. The lowest BCUT2D eigenvalue weighted by Gasteiger charge is -2.34. The number of nitro groups is 1. The predicted molar refractivity (Wildman–Crippen MR) is 79.8 cm³/mol. The monoisotopic (exact) mass is 295 g/mol. The first-order valence-corrected chi connectivity index (χ1v) is 7.15. The van der Waals surface area contributed by atoms with Crippen molar-refractivity contribution in [1.29, 1.82) is 0 Å². The first kappa shape index (κ1) is 15.4. The summed E-state index contributed by atoms with van der Waals surface area (Å²) < 4.78 is 5.39. The molecule has 0 spiro atoms. The first-order valence-electron chi connectivity index (χ1n) is 7.15. The highest BCUT2D eigenvalue weighted by Crippen LogP contribution is 2.31. The van der Waals surface area contributed by atoms with Crippen molar-refractivity contribution in [2.24, 2.45) is 0 Å². The normalized spacial score (nSPS) is 18.6. The smallest absolute Gasteiger partial charge is 0.332 e. The van der Waals surface area contributed by atoms with Crippen LogP contribution in [-0.4, -0.2) is 47.2 Å². The number of anilines is 2. The third kappa shape index (κ3) is 3.38. The number of hydrogen-bond donors (Lipinski definition) is 1. The van der Waals surface area contributed by atoms with Crippen molar-refractivity contribution in [2.75, 3.05) is 36.5 Å². The molecule has 0 bridgehead atoms. The van der Waals surface area contributed by atoms with E-state index in [0.717, 1.165) is 13.0 Å². The van der Waals surface area contributed by atoms with E-state index in [0.29, 0.717) is 37.2 Å². The summed E-state index contributed by atoms with van der Waals surface area (Å²) in [6.07, 6.45) is 0.933. The molecular formula is C13H21N5O3. The number of aryl methyl sites for hydroxylation is 1. The summed E-state index contributed by atoms with van der Waals surface area (Å²) >= 11 is 0. The van der Waals surface area contributed by atoms with Crippen LogP contribution in [0.25, 0.3) is 0 Å². The highest BCUT2D eigenvalue weighted by atomic mass is 16.6. The number of ether oxygens (including phenoxy) is 1. The van der Waals surface area contributed by atoms with E-state index in [2.05, 4.69) is 15.3 Å². The Morgan fingerprint density at radius 2 is 2.29 bits per heavy atom. The maximum absolute atomic E-state index is 11.4. The van der Waals surface area contributed by atoms with Crippen LogP contribution in [-0.2, 0) is 4.74 Å². The molecule has 0 radical (unpaired) electrons. The molecule has 1 aliphatic heterocycles. The minimum Gasteiger partial charge on any atom is -0.377 e. The van der Waals surface area contributed by atoms with Gasteiger partial charge in [-0.1, -0.05) is 6.92 Å². The summed E-state index contributed by atoms with van der Waals surface area (Å²) in [5.74, 6) is 0.815. The lowest BCUT2D eigenvalue weighted by molar-refractivity contribution is -0.385. The van der Waals surface area contributed by atoms with E-state index in [1.54, 1.807) is 6.92 Å². The molecule has 116 valence electrons. The van der Waals surface area contributed by atoms with E-state index >= 15 is 0 Å². The van der Waals surface area contributed by atoms with Gasteiger partial charge in [-0.05, 0) is 20.3 Å². The van der Waals surface area contributed by atoms with E-state index in [1.165, 1.54) is 0 Å². The summed E-state index contributed by atoms with van der Waals surface area (Å²) in [5.41, 5.74) is 0.355. The molecule has 1 aromatic heterocycles. The fraction of sp³-hybridized carbons (Fsp3) is 0.692. The quantitative estimate of drug-likeness (QED) is 0.653. The molecular weight excluding hydrogens is 274 g/mol. The average Bonchev–Trinajstić information content (AvgIpc) is 2.44. The minimum absolute atomic E-state index is 0.0224. The van der Waals surface area contributed by atoms with E-state index in [1.807, 2.05) is 18.7 Å². The number of morpholine rings is 1. The molecule has 1 aromatic rings. The average molecular weight is 295 g/mol. The highest BCUT2D eigenvalue weighted by molar-refractivity contribution is 5.63. The summed E-state index contributed by atoms with van der Waals surface area (Å²) in [7, 11) is 0. The zero-order valence-electron chi connectivity index (χ0n) is 12.6. The van der Waals surface area contributed by atoms with Gasteiger partial charge in [-0.25, -0.2) is 4.98 Å². The van der Waals surface area contributed by atoms with Crippen molar-refractivity contribution in [1.82, 2.24) is 9.97 Å².